The zero-order valence-corrected chi connectivity index (χ0v) is 12.3. The molecule has 2 fully saturated rings. The largest absolute Gasteiger partial charge is 0.495 e. The quantitative estimate of drug-likeness (QED) is 0.886. The van der Waals surface area contributed by atoms with Gasteiger partial charge in [0.1, 0.15) is 5.75 Å². The number of fused-ring (bicyclic) bond motifs is 1. The molecule has 0 aromatic heterocycles. The molecule has 0 saturated heterocycles. The highest BCUT2D eigenvalue weighted by atomic mass is 16.5. The van der Waals surface area contributed by atoms with Crippen molar-refractivity contribution >= 4 is 5.69 Å². The summed E-state index contributed by atoms with van der Waals surface area (Å²) in [6, 6.07) is 8.14. The lowest BCUT2D eigenvalue weighted by Crippen LogP contribution is -2.56. The molecular weight excluding hydrogens is 250 g/mol. The first kappa shape index (κ1) is 13.7. The predicted octanol–water partition coefficient (Wildman–Crippen LogP) is 3.58. The van der Waals surface area contributed by atoms with Crippen molar-refractivity contribution in [1.82, 2.24) is 0 Å². The summed E-state index contributed by atoms with van der Waals surface area (Å²) < 4.78 is 5.41. The number of aliphatic hydroxyl groups is 1. The summed E-state index contributed by atoms with van der Waals surface area (Å²) in [6.45, 7) is 0. The van der Waals surface area contributed by atoms with E-state index >= 15 is 0 Å². The molecule has 0 radical (unpaired) electrons. The van der Waals surface area contributed by atoms with Crippen LogP contribution in [0.3, 0.4) is 0 Å². The molecule has 2 aliphatic rings. The Labute approximate surface area is 121 Å². The van der Waals surface area contributed by atoms with Crippen molar-refractivity contribution in [3.8, 4) is 5.75 Å². The van der Waals surface area contributed by atoms with E-state index in [0.29, 0.717) is 5.92 Å². The predicted molar refractivity (Wildman–Crippen MR) is 81.2 cm³/mol. The van der Waals surface area contributed by atoms with Crippen LogP contribution in [0.5, 0.6) is 5.75 Å². The zero-order chi connectivity index (χ0) is 14.0. The molecule has 0 amide bonds. The van der Waals surface area contributed by atoms with Crippen LogP contribution in [0.4, 0.5) is 5.69 Å². The number of hydrogen-bond acceptors (Lipinski definition) is 3. The molecule has 0 aliphatic heterocycles. The highest BCUT2D eigenvalue weighted by molar-refractivity contribution is 5.57. The van der Waals surface area contributed by atoms with Gasteiger partial charge in [-0.2, -0.15) is 0 Å². The second kappa shape index (κ2) is 5.65. The topological polar surface area (TPSA) is 41.5 Å². The van der Waals surface area contributed by atoms with Crippen LogP contribution in [0, 0.1) is 5.92 Å². The second-order valence-electron chi connectivity index (χ2n) is 6.26. The van der Waals surface area contributed by atoms with E-state index < -0.39 is 5.60 Å². The number of rotatable bonds is 3. The number of methoxy groups -OCH3 is 1. The summed E-state index contributed by atoms with van der Waals surface area (Å²) in [5.41, 5.74) is 0.469. The summed E-state index contributed by atoms with van der Waals surface area (Å²) >= 11 is 0. The lowest BCUT2D eigenvalue weighted by Gasteiger charge is -2.49. The third kappa shape index (κ3) is 2.39. The minimum Gasteiger partial charge on any atom is -0.495 e. The van der Waals surface area contributed by atoms with Gasteiger partial charge in [0.15, 0.2) is 0 Å². The molecule has 1 aromatic rings. The number of ether oxygens (including phenoxy) is 1. The first-order valence-corrected chi connectivity index (χ1v) is 7.86. The van der Waals surface area contributed by atoms with E-state index in [4.69, 9.17) is 4.74 Å². The highest BCUT2D eigenvalue weighted by Gasteiger charge is 2.47. The molecule has 3 nitrogen and oxygen atoms in total. The van der Waals surface area contributed by atoms with Gasteiger partial charge in [-0.1, -0.05) is 31.4 Å². The van der Waals surface area contributed by atoms with Crippen LogP contribution in [-0.2, 0) is 0 Å². The van der Waals surface area contributed by atoms with E-state index in [1.165, 1.54) is 25.7 Å². The minimum absolute atomic E-state index is 0.151. The maximum atomic E-state index is 11.2. The maximum Gasteiger partial charge on any atom is 0.141 e. The van der Waals surface area contributed by atoms with Gasteiger partial charge >= 0.3 is 0 Å². The van der Waals surface area contributed by atoms with Gasteiger partial charge in [0.25, 0.3) is 0 Å². The summed E-state index contributed by atoms with van der Waals surface area (Å²) in [5, 5.41) is 14.7. The highest BCUT2D eigenvalue weighted by Crippen LogP contribution is 2.45. The molecule has 0 heterocycles. The standard InChI is InChI=1S/C17H25NO2/c1-20-15-10-3-2-9-14(15)18-16-11-6-8-13-7-4-5-12-17(13,16)19/h2-3,9-10,13,16,18-19H,4-8,11-12H2,1H3/t13-,16?,17-/m1/s1. The van der Waals surface area contributed by atoms with Gasteiger partial charge in [-0.3, -0.25) is 0 Å². The molecule has 1 aromatic carbocycles. The van der Waals surface area contributed by atoms with Crippen LogP contribution in [0.25, 0.3) is 0 Å². The molecule has 2 aliphatic carbocycles. The van der Waals surface area contributed by atoms with Crippen LogP contribution >= 0.6 is 0 Å². The third-order valence-electron chi connectivity index (χ3n) is 5.17. The number of anilines is 1. The number of para-hydroxylation sites is 2. The summed E-state index contributed by atoms with van der Waals surface area (Å²) in [6.07, 6.45) is 7.97. The van der Waals surface area contributed by atoms with Gasteiger partial charge in [-0.25, -0.2) is 0 Å². The first-order chi connectivity index (χ1) is 9.74. The van der Waals surface area contributed by atoms with Gasteiger partial charge in [0, 0.05) is 0 Å². The Bertz CT molecular complexity index is 460. The molecule has 110 valence electrons. The third-order valence-corrected chi connectivity index (χ3v) is 5.17. The molecule has 3 heteroatoms. The van der Waals surface area contributed by atoms with Crippen LogP contribution in [0.1, 0.15) is 44.9 Å². The van der Waals surface area contributed by atoms with E-state index in [1.807, 2.05) is 24.3 Å². The summed E-state index contributed by atoms with van der Waals surface area (Å²) in [4.78, 5) is 0. The monoisotopic (exact) mass is 275 g/mol. The van der Waals surface area contributed by atoms with Crippen molar-refractivity contribution in [2.45, 2.75) is 56.6 Å². The van der Waals surface area contributed by atoms with Gasteiger partial charge < -0.3 is 15.2 Å². The van der Waals surface area contributed by atoms with E-state index in [-0.39, 0.29) is 6.04 Å². The Balaban J connectivity index is 1.81. The van der Waals surface area contributed by atoms with E-state index in [0.717, 1.165) is 30.7 Å². The average Bonchev–Trinajstić information content (AvgIpc) is 2.48. The van der Waals surface area contributed by atoms with Crippen LogP contribution in [0.15, 0.2) is 24.3 Å². The molecule has 2 saturated carbocycles. The molecule has 1 unspecified atom stereocenters. The van der Waals surface area contributed by atoms with Crippen LogP contribution in [-0.4, -0.2) is 23.9 Å². The molecule has 20 heavy (non-hydrogen) atoms. The SMILES string of the molecule is COc1ccccc1NC1CCC[C@H]2CCCC[C@]12O. The number of benzene rings is 1. The molecule has 0 bridgehead atoms. The average molecular weight is 275 g/mol. The minimum atomic E-state index is -0.530. The van der Waals surface area contributed by atoms with E-state index in [9.17, 15) is 5.11 Å². The van der Waals surface area contributed by atoms with Gasteiger partial charge in [0.05, 0.1) is 24.4 Å². The molecular formula is C17H25NO2. The Morgan fingerprint density at radius 3 is 2.80 bits per heavy atom. The maximum absolute atomic E-state index is 11.2. The van der Waals surface area contributed by atoms with Crippen molar-refractivity contribution in [2.75, 3.05) is 12.4 Å². The Morgan fingerprint density at radius 2 is 1.95 bits per heavy atom. The fourth-order valence-corrected chi connectivity index (χ4v) is 4.07. The molecule has 2 N–H and O–H groups in total. The Hall–Kier alpha value is -1.22. The van der Waals surface area contributed by atoms with Gasteiger partial charge in [-0.15, -0.1) is 0 Å². The first-order valence-electron chi connectivity index (χ1n) is 7.86. The molecule has 0 spiro atoms. The van der Waals surface area contributed by atoms with Gasteiger partial charge in [0.2, 0.25) is 0 Å². The van der Waals surface area contributed by atoms with Crippen LogP contribution in [0.2, 0.25) is 0 Å². The lowest BCUT2D eigenvalue weighted by atomic mass is 9.65. The lowest BCUT2D eigenvalue weighted by molar-refractivity contribution is -0.0835. The van der Waals surface area contributed by atoms with Crippen molar-refractivity contribution in [3.63, 3.8) is 0 Å². The Kier molecular flexibility index (Phi) is 3.88. The normalized spacial score (nSPS) is 33.3. The van der Waals surface area contributed by atoms with Crippen molar-refractivity contribution in [3.05, 3.63) is 24.3 Å². The zero-order valence-electron chi connectivity index (χ0n) is 12.3. The van der Waals surface area contributed by atoms with Gasteiger partial charge in [-0.05, 0) is 43.7 Å². The number of nitrogens with one attached hydrogen (secondary N) is 1. The number of hydrogen-bond donors (Lipinski definition) is 2. The van der Waals surface area contributed by atoms with Crippen LogP contribution < -0.4 is 10.1 Å². The fraction of sp³-hybridized carbons (Fsp3) is 0.647. The van der Waals surface area contributed by atoms with Crippen molar-refractivity contribution in [2.24, 2.45) is 5.92 Å². The van der Waals surface area contributed by atoms with E-state index in [1.54, 1.807) is 7.11 Å². The smallest absolute Gasteiger partial charge is 0.141 e. The summed E-state index contributed by atoms with van der Waals surface area (Å²) in [5.74, 6) is 1.33. The molecule has 3 atom stereocenters. The summed E-state index contributed by atoms with van der Waals surface area (Å²) in [7, 11) is 1.69. The van der Waals surface area contributed by atoms with Crippen molar-refractivity contribution < 1.29 is 9.84 Å². The van der Waals surface area contributed by atoms with Crippen molar-refractivity contribution in [1.29, 1.82) is 0 Å². The molecule has 3 rings (SSSR count). The van der Waals surface area contributed by atoms with E-state index in [2.05, 4.69) is 5.32 Å². The Morgan fingerprint density at radius 1 is 1.15 bits per heavy atom. The second-order valence-corrected chi connectivity index (χ2v) is 6.26. The fourth-order valence-electron chi connectivity index (χ4n) is 4.07.